The molecule has 2 N–H and O–H groups in total. The number of nitrogens with zero attached hydrogens (tertiary/aromatic N) is 2. The molecule has 4 heteroatoms. The van der Waals surface area contributed by atoms with Crippen LogP contribution in [0.25, 0.3) is 0 Å². The van der Waals surface area contributed by atoms with Gasteiger partial charge in [-0.2, -0.15) is 0 Å². The molecule has 1 heterocycles. The second kappa shape index (κ2) is 4.77. The summed E-state index contributed by atoms with van der Waals surface area (Å²) in [5.74, 6) is 0. The quantitative estimate of drug-likeness (QED) is 0.774. The Labute approximate surface area is 90.3 Å². The molecule has 0 spiro atoms. The summed E-state index contributed by atoms with van der Waals surface area (Å²) in [5.41, 5.74) is 1.19. The molecular formula is C11H19N3O. The summed E-state index contributed by atoms with van der Waals surface area (Å²) in [7, 11) is 2.00. The number of aromatic nitrogens is 2. The average molecular weight is 209 g/mol. The molecule has 2 atom stereocenters. The van der Waals surface area contributed by atoms with Crippen LogP contribution in [0.15, 0.2) is 12.5 Å². The zero-order chi connectivity index (χ0) is 10.7. The van der Waals surface area contributed by atoms with Crippen molar-refractivity contribution in [2.75, 3.05) is 0 Å². The summed E-state index contributed by atoms with van der Waals surface area (Å²) in [6, 6.07) is 0.462. The van der Waals surface area contributed by atoms with E-state index in [1.54, 1.807) is 0 Å². The summed E-state index contributed by atoms with van der Waals surface area (Å²) >= 11 is 0. The van der Waals surface area contributed by atoms with Gasteiger partial charge in [0.1, 0.15) is 0 Å². The highest BCUT2D eigenvalue weighted by Crippen LogP contribution is 2.18. The Balaban J connectivity index is 1.80. The topological polar surface area (TPSA) is 50.1 Å². The second-order valence-corrected chi connectivity index (χ2v) is 4.39. The van der Waals surface area contributed by atoms with Gasteiger partial charge < -0.3 is 15.0 Å². The monoisotopic (exact) mass is 209 g/mol. The molecule has 1 aromatic heterocycles. The first-order valence-electron chi connectivity index (χ1n) is 5.62. The van der Waals surface area contributed by atoms with E-state index < -0.39 is 0 Å². The summed E-state index contributed by atoms with van der Waals surface area (Å²) < 4.78 is 2.02. The highest BCUT2D eigenvalue weighted by atomic mass is 16.3. The molecule has 2 rings (SSSR count). The molecule has 1 saturated carbocycles. The van der Waals surface area contributed by atoms with Gasteiger partial charge in [0.25, 0.3) is 0 Å². The smallest absolute Gasteiger partial charge is 0.0945 e. The normalized spacial score (nSPS) is 26.8. The van der Waals surface area contributed by atoms with E-state index in [4.69, 9.17) is 0 Å². The van der Waals surface area contributed by atoms with E-state index in [9.17, 15) is 5.11 Å². The van der Waals surface area contributed by atoms with Gasteiger partial charge in [-0.3, -0.25) is 0 Å². The summed E-state index contributed by atoms with van der Waals surface area (Å²) in [6.45, 7) is 0.841. The minimum absolute atomic E-state index is 0.109. The highest BCUT2D eigenvalue weighted by molar-refractivity contribution is 4.97. The average Bonchev–Trinajstić information content (AvgIpc) is 2.61. The lowest BCUT2D eigenvalue weighted by Crippen LogP contribution is -2.35. The van der Waals surface area contributed by atoms with Gasteiger partial charge in [0, 0.05) is 25.8 Å². The number of nitrogens with one attached hydrogen (secondary N) is 1. The molecule has 1 aliphatic carbocycles. The van der Waals surface area contributed by atoms with E-state index in [2.05, 4.69) is 10.3 Å². The molecule has 0 saturated heterocycles. The van der Waals surface area contributed by atoms with Crippen molar-refractivity contribution < 1.29 is 5.11 Å². The Bertz CT molecular complexity index is 311. The Morgan fingerprint density at radius 1 is 1.60 bits per heavy atom. The van der Waals surface area contributed by atoms with Crippen LogP contribution in [0.5, 0.6) is 0 Å². The SMILES string of the molecule is Cn1cncc1CNC1CCCC(O)C1. The maximum atomic E-state index is 9.53. The fourth-order valence-electron chi connectivity index (χ4n) is 2.15. The van der Waals surface area contributed by atoms with Gasteiger partial charge >= 0.3 is 0 Å². The lowest BCUT2D eigenvalue weighted by Gasteiger charge is -2.26. The van der Waals surface area contributed by atoms with Gasteiger partial charge in [-0.1, -0.05) is 0 Å². The molecule has 4 nitrogen and oxygen atoms in total. The van der Waals surface area contributed by atoms with Crippen molar-refractivity contribution >= 4 is 0 Å². The van der Waals surface area contributed by atoms with E-state index in [1.165, 1.54) is 12.1 Å². The van der Waals surface area contributed by atoms with Crippen LogP contribution in [0.2, 0.25) is 0 Å². The van der Waals surface area contributed by atoms with Crippen LogP contribution >= 0.6 is 0 Å². The molecule has 84 valence electrons. The minimum atomic E-state index is -0.109. The second-order valence-electron chi connectivity index (χ2n) is 4.39. The standard InChI is InChI=1S/C11H19N3O/c1-14-8-12-6-10(14)7-13-9-3-2-4-11(15)5-9/h6,8-9,11,13,15H,2-5,7H2,1H3. The Morgan fingerprint density at radius 2 is 2.47 bits per heavy atom. The van der Waals surface area contributed by atoms with Crippen LogP contribution in [0.4, 0.5) is 0 Å². The molecule has 2 unspecified atom stereocenters. The fraction of sp³-hybridized carbons (Fsp3) is 0.727. The van der Waals surface area contributed by atoms with Gasteiger partial charge in [0.05, 0.1) is 18.1 Å². The number of imidazole rings is 1. The largest absolute Gasteiger partial charge is 0.393 e. The number of aliphatic hydroxyl groups excluding tert-OH is 1. The highest BCUT2D eigenvalue weighted by Gasteiger charge is 2.19. The fourth-order valence-corrected chi connectivity index (χ4v) is 2.15. The van der Waals surface area contributed by atoms with E-state index in [0.717, 1.165) is 25.8 Å². The number of aryl methyl sites for hydroxylation is 1. The molecule has 1 aromatic rings. The van der Waals surface area contributed by atoms with Crippen LogP contribution in [0, 0.1) is 0 Å². The van der Waals surface area contributed by atoms with Crippen molar-refractivity contribution in [1.29, 1.82) is 0 Å². The van der Waals surface area contributed by atoms with Crippen molar-refractivity contribution in [3.63, 3.8) is 0 Å². The summed E-state index contributed by atoms with van der Waals surface area (Å²) in [6.07, 6.45) is 7.74. The van der Waals surface area contributed by atoms with E-state index in [1.807, 2.05) is 24.1 Å². The third-order valence-corrected chi connectivity index (χ3v) is 3.13. The third-order valence-electron chi connectivity index (χ3n) is 3.13. The van der Waals surface area contributed by atoms with Crippen LogP contribution in [0.1, 0.15) is 31.4 Å². The predicted octanol–water partition coefficient (Wildman–Crippen LogP) is 0.813. The molecule has 0 aliphatic heterocycles. The lowest BCUT2D eigenvalue weighted by atomic mass is 9.93. The van der Waals surface area contributed by atoms with Crippen LogP contribution < -0.4 is 5.32 Å². The van der Waals surface area contributed by atoms with Crippen LogP contribution in [-0.4, -0.2) is 26.8 Å². The molecule has 15 heavy (non-hydrogen) atoms. The first-order chi connectivity index (χ1) is 7.25. The first kappa shape index (κ1) is 10.6. The maximum Gasteiger partial charge on any atom is 0.0945 e. The molecular weight excluding hydrogens is 190 g/mol. The van der Waals surface area contributed by atoms with Crippen molar-refractivity contribution in [3.8, 4) is 0 Å². The Hall–Kier alpha value is -0.870. The van der Waals surface area contributed by atoms with Gasteiger partial charge in [-0.15, -0.1) is 0 Å². The van der Waals surface area contributed by atoms with Crippen LogP contribution in [-0.2, 0) is 13.6 Å². The van der Waals surface area contributed by atoms with Crippen molar-refractivity contribution in [3.05, 3.63) is 18.2 Å². The minimum Gasteiger partial charge on any atom is -0.393 e. The van der Waals surface area contributed by atoms with E-state index in [0.29, 0.717) is 6.04 Å². The number of rotatable bonds is 3. The molecule has 0 aromatic carbocycles. The van der Waals surface area contributed by atoms with Gasteiger partial charge in [-0.25, -0.2) is 4.98 Å². The lowest BCUT2D eigenvalue weighted by molar-refractivity contribution is 0.111. The maximum absolute atomic E-state index is 9.53. The van der Waals surface area contributed by atoms with Crippen molar-refractivity contribution in [1.82, 2.24) is 14.9 Å². The van der Waals surface area contributed by atoms with E-state index >= 15 is 0 Å². The molecule has 0 radical (unpaired) electrons. The molecule has 1 aliphatic rings. The van der Waals surface area contributed by atoms with Gasteiger partial charge in [-0.05, 0) is 25.7 Å². The first-order valence-corrected chi connectivity index (χ1v) is 5.62. The van der Waals surface area contributed by atoms with E-state index in [-0.39, 0.29) is 6.10 Å². The predicted molar refractivity (Wildman–Crippen MR) is 58.3 cm³/mol. The van der Waals surface area contributed by atoms with Gasteiger partial charge in [0.2, 0.25) is 0 Å². The zero-order valence-electron chi connectivity index (χ0n) is 9.19. The summed E-state index contributed by atoms with van der Waals surface area (Å²) in [4.78, 5) is 4.07. The van der Waals surface area contributed by atoms with Gasteiger partial charge in [0.15, 0.2) is 0 Å². The summed E-state index contributed by atoms with van der Waals surface area (Å²) in [5, 5.41) is 13.0. The number of hydrogen-bond acceptors (Lipinski definition) is 3. The Kier molecular flexibility index (Phi) is 3.38. The molecule has 1 fully saturated rings. The number of aliphatic hydroxyl groups is 1. The number of hydrogen-bond donors (Lipinski definition) is 2. The molecule has 0 bridgehead atoms. The zero-order valence-corrected chi connectivity index (χ0v) is 9.19. The van der Waals surface area contributed by atoms with Crippen molar-refractivity contribution in [2.24, 2.45) is 7.05 Å². The molecule has 0 amide bonds. The van der Waals surface area contributed by atoms with Crippen LogP contribution in [0.3, 0.4) is 0 Å². The van der Waals surface area contributed by atoms with Crippen molar-refractivity contribution in [2.45, 2.75) is 44.4 Å². The third kappa shape index (κ3) is 2.79. The Morgan fingerprint density at radius 3 is 3.13 bits per heavy atom.